The number of aliphatic hydroxyl groups is 1. The molecule has 1 N–H and O–H groups in total. The van der Waals surface area contributed by atoms with Crippen molar-refractivity contribution in [2.45, 2.75) is 12.5 Å². The summed E-state index contributed by atoms with van der Waals surface area (Å²) in [5.41, 5.74) is 18.1. The van der Waals surface area contributed by atoms with E-state index in [1.807, 2.05) is 36.5 Å². The smallest absolute Gasteiger partial charge is 0.135 e. The summed E-state index contributed by atoms with van der Waals surface area (Å²) in [6.07, 6.45) is 0. The maximum Gasteiger partial charge on any atom is 0.135 e. The lowest BCUT2D eigenvalue weighted by Gasteiger charge is -2.21. The molecular weight excluding hydrogens is 909 g/mol. The first-order valence-corrected chi connectivity index (χ1v) is 25.8. The maximum absolute atomic E-state index is 12.3. The van der Waals surface area contributed by atoms with Crippen LogP contribution >= 0.6 is 11.3 Å². The summed E-state index contributed by atoms with van der Waals surface area (Å²) in [7, 11) is 0. The van der Waals surface area contributed by atoms with Gasteiger partial charge in [-0.3, -0.25) is 0 Å². The Morgan fingerprint density at radius 3 is 1.73 bits per heavy atom. The molecule has 342 valence electrons. The number of fused-ring (bicyclic) bond motifs is 15. The van der Waals surface area contributed by atoms with Gasteiger partial charge in [-0.2, -0.15) is 0 Å². The van der Waals surface area contributed by atoms with Crippen molar-refractivity contribution in [2.75, 3.05) is 0 Å². The standard InChI is InChI=1S/C68H42N2O2S/c1-68(71)57-25-7-2-15-47(57)48-33-32-44(39-58(48)68)69-59-26-8-3-16-49(59)53-22-12-20-45(65(53)69)42-35-41(40-31-34-63-56(38-40)51-18-5-10-29-62(51)72-63)36-43(37-42)46-21-13-23-54-50-17-4-9-27-60(50)70(66(46)54)61-28-14-24-55-52-19-6-11-30-64(52)73-67(55)61/h2-39,71H,1H3. The summed E-state index contributed by atoms with van der Waals surface area (Å²) in [5, 5.41) is 21.8. The molecule has 1 aliphatic carbocycles. The third-order valence-corrected chi connectivity index (χ3v) is 17.0. The molecule has 1 unspecified atom stereocenters. The second-order valence-electron chi connectivity index (χ2n) is 19.8. The van der Waals surface area contributed by atoms with Crippen LogP contribution in [0.1, 0.15) is 18.1 Å². The quantitative estimate of drug-likeness (QED) is 0.187. The summed E-state index contributed by atoms with van der Waals surface area (Å²) >= 11 is 1.87. The number of benzene rings is 11. The Hall–Kier alpha value is -9.00. The average Bonchev–Trinajstić information content (AvgIpc) is 4.26. The van der Waals surface area contributed by atoms with Crippen LogP contribution < -0.4 is 0 Å². The molecular formula is C68H42N2O2S. The molecule has 4 aromatic heterocycles. The molecule has 0 saturated heterocycles. The van der Waals surface area contributed by atoms with Crippen molar-refractivity contribution in [2.24, 2.45) is 0 Å². The minimum atomic E-state index is -1.14. The highest BCUT2D eigenvalue weighted by atomic mass is 32.1. The van der Waals surface area contributed by atoms with E-state index in [-0.39, 0.29) is 0 Å². The third-order valence-electron chi connectivity index (χ3n) is 15.8. The summed E-state index contributed by atoms with van der Waals surface area (Å²) in [5.74, 6) is 0. The molecule has 1 atom stereocenters. The van der Waals surface area contributed by atoms with Gasteiger partial charge in [-0.15, -0.1) is 11.3 Å². The zero-order chi connectivity index (χ0) is 48.1. The van der Waals surface area contributed by atoms with Crippen LogP contribution in [0.2, 0.25) is 0 Å². The SMILES string of the molecule is CC1(O)c2ccccc2-c2ccc(-n3c4ccccc4c4cccc(-c5cc(-c6ccc7oc8ccccc8c7c6)cc(-c6cccc7c8ccccc8n(-c8cccc9c8sc8ccccc89)c67)c5)c43)cc21. The van der Waals surface area contributed by atoms with Crippen molar-refractivity contribution in [1.82, 2.24) is 9.13 Å². The minimum absolute atomic E-state index is 0.872. The summed E-state index contributed by atoms with van der Waals surface area (Å²) in [6, 6.07) is 83.7. The zero-order valence-electron chi connectivity index (χ0n) is 39.6. The van der Waals surface area contributed by atoms with E-state index in [4.69, 9.17) is 4.42 Å². The van der Waals surface area contributed by atoms with E-state index in [0.717, 1.165) is 94.3 Å². The highest BCUT2D eigenvalue weighted by Gasteiger charge is 2.38. The van der Waals surface area contributed by atoms with Gasteiger partial charge in [0, 0.05) is 64.6 Å². The Labute approximate surface area is 423 Å². The number of thiophene rings is 1. The molecule has 0 fully saturated rings. The number of para-hydroxylation sites is 5. The molecule has 73 heavy (non-hydrogen) atoms. The molecule has 0 aliphatic heterocycles. The molecule has 0 saturated carbocycles. The fourth-order valence-electron chi connectivity index (χ4n) is 12.5. The molecule has 0 bridgehead atoms. The fourth-order valence-corrected chi connectivity index (χ4v) is 13.7. The molecule has 16 rings (SSSR count). The largest absolute Gasteiger partial charge is 0.456 e. The van der Waals surface area contributed by atoms with Crippen LogP contribution in [0.15, 0.2) is 235 Å². The molecule has 1 aliphatic rings. The summed E-state index contributed by atoms with van der Waals surface area (Å²) in [4.78, 5) is 0. The predicted octanol–water partition coefficient (Wildman–Crippen LogP) is 18.4. The van der Waals surface area contributed by atoms with Gasteiger partial charge in [-0.05, 0) is 124 Å². The van der Waals surface area contributed by atoms with Crippen LogP contribution in [-0.4, -0.2) is 14.2 Å². The van der Waals surface area contributed by atoms with Gasteiger partial charge in [0.1, 0.15) is 16.8 Å². The van der Waals surface area contributed by atoms with Crippen LogP contribution in [0.3, 0.4) is 0 Å². The van der Waals surface area contributed by atoms with Gasteiger partial charge in [0.2, 0.25) is 0 Å². The molecule has 15 aromatic rings. The molecule has 4 heterocycles. The van der Waals surface area contributed by atoms with Crippen molar-refractivity contribution in [3.05, 3.63) is 242 Å². The van der Waals surface area contributed by atoms with E-state index in [2.05, 4.69) is 221 Å². The number of hydrogen-bond acceptors (Lipinski definition) is 3. The summed E-state index contributed by atoms with van der Waals surface area (Å²) < 4.78 is 13.9. The highest BCUT2D eigenvalue weighted by molar-refractivity contribution is 7.26. The lowest BCUT2D eigenvalue weighted by molar-refractivity contribution is 0.107. The number of aromatic nitrogens is 2. The predicted molar refractivity (Wildman–Crippen MR) is 306 cm³/mol. The van der Waals surface area contributed by atoms with Gasteiger partial charge in [0.05, 0.1) is 32.5 Å². The Morgan fingerprint density at radius 1 is 0.384 bits per heavy atom. The monoisotopic (exact) mass is 950 g/mol. The number of hydrogen-bond donors (Lipinski definition) is 1. The van der Waals surface area contributed by atoms with Crippen LogP contribution in [0.25, 0.3) is 142 Å². The van der Waals surface area contributed by atoms with E-state index >= 15 is 0 Å². The topological polar surface area (TPSA) is 43.2 Å². The van der Waals surface area contributed by atoms with Gasteiger partial charge >= 0.3 is 0 Å². The molecule has 0 radical (unpaired) electrons. The van der Waals surface area contributed by atoms with Crippen LogP contribution in [0.5, 0.6) is 0 Å². The van der Waals surface area contributed by atoms with Crippen molar-refractivity contribution < 1.29 is 9.52 Å². The molecule has 4 nitrogen and oxygen atoms in total. The normalized spacial score (nSPS) is 14.5. The number of rotatable bonds is 5. The van der Waals surface area contributed by atoms with Gasteiger partial charge < -0.3 is 18.7 Å². The molecule has 0 amide bonds. The molecule has 11 aromatic carbocycles. The van der Waals surface area contributed by atoms with Crippen LogP contribution in [0.4, 0.5) is 0 Å². The Morgan fingerprint density at radius 2 is 0.945 bits per heavy atom. The first-order chi connectivity index (χ1) is 36.0. The van der Waals surface area contributed by atoms with Crippen LogP contribution in [0, 0.1) is 0 Å². The first-order valence-electron chi connectivity index (χ1n) is 25.0. The van der Waals surface area contributed by atoms with E-state index in [1.54, 1.807) is 0 Å². The Bertz CT molecular complexity index is 4850. The van der Waals surface area contributed by atoms with Crippen LogP contribution in [-0.2, 0) is 5.60 Å². The molecule has 5 heteroatoms. The number of furan rings is 1. The van der Waals surface area contributed by atoms with E-state index < -0.39 is 5.60 Å². The zero-order valence-corrected chi connectivity index (χ0v) is 40.4. The molecule has 0 spiro atoms. The van der Waals surface area contributed by atoms with Gasteiger partial charge in [-0.1, -0.05) is 158 Å². The van der Waals surface area contributed by atoms with Crippen molar-refractivity contribution in [1.29, 1.82) is 0 Å². The van der Waals surface area contributed by atoms with Crippen molar-refractivity contribution in [3.8, 4) is 55.9 Å². The minimum Gasteiger partial charge on any atom is -0.456 e. The summed E-state index contributed by atoms with van der Waals surface area (Å²) in [6.45, 7) is 1.93. The fraction of sp³-hybridized carbons (Fsp3) is 0.0294. The first kappa shape index (κ1) is 40.7. The lowest BCUT2D eigenvalue weighted by Crippen LogP contribution is -2.19. The highest BCUT2D eigenvalue weighted by Crippen LogP contribution is 2.50. The third kappa shape index (κ3) is 5.75. The van der Waals surface area contributed by atoms with Crippen molar-refractivity contribution in [3.63, 3.8) is 0 Å². The maximum atomic E-state index is 12.3. The van der Waals surface area contributed by atoms with Crippen molar-refractivity contribution >= 4 is 97.1 Å². The average molecular weight is 951 g/mol. The number of nitrogens with zero attached hydrogens (tertiary/aromatic N) is 2. The second-order valence-corrected chi connectivity index (χ2v) is 20.9. The second kappa shape index (κ2) is 15.0. The lowest BCUT2D eigenvalue weighted by atomic mass is 9.91. The Kier molecular flexibility index (Phi) is 8.37. The van der Waals surface area contributed by atoms with E-state index in [9.17, 15) is 5.11 Å². The van der Waals surface area contributed by atoms with Gasteiger partial charge in [0.25, 0.3) is 0 Å². The van der Waals surface area contributed by atoms with E-state index in [1.165, 1.54) is 58.4 Å². The van der Waals surface area contributed by atoms with E-state index in [0.29, 0.717) is 0 Å². The Balaban J connectivity index is 0.991. The van der Waals surface area contributed by atoms with Gasteiger partial charge in [-0.25, -0.2) is 0 Å². The van der Waals surface area contributed by atoms with Gasteiger partial charge in [0.15, 0.2) is 0 Å².